The minimum absolute atomic E-state index is 0.221. The van der Waals surface area contributed by atoms with Crippen LogP contribution in [0.1, 0.15) is 125 Å². The van der Waals surface area contributed by atoms with E-state index < -0.39 is 19.5 Å². The largest absolute Gasteiger partial charge is 0.462 e. The second-order valence-corrected chi connectivity index (χ2v) is 18.0. The highest BCUT2D eigenvalue weighted by Crippen LogP contribution is 2.43. The minimum Gasteiger partial charge on any atom is -0.462 e. The first-order valence-corrected chi connectivity index (χ1v) is 21.9. The van der Waals surface area contributed by atoms with Gasteiger partial charge < -0.3 is 24.3 Å². The fourth-order valence-electron chi connectivity index (χ4n) is 5.22. The highest BCUT2D eigenvalue weighted by Gasteiger charge is 2.31. The Kier molecular flexibility index (Phi) is 21.1. The molecule has 0 saturated heterocycles. The Morgan fingerprint density at radius 2 is 1.53 bits per heavy atom. The highest BCUT2D eigenvalue weighted by atomic mass is 32.8. The molecule has 2 unspecified atom stereocenters. The Bertz CT molecular complexity index is 1230. The molecule has 0 saturated carbocycles. The molecule has 2 heterocycles. The van der Waals surface area contributed by atoms with Crippen LogP contribution in [0.5, 0.6) is 0 Å². The maximum absolute atomic E-state index is 13.9. The summed E-state index contributed by atoms with van der Waals surface area (Å²) in [7, 11) is -3.83. The number of anilines is 1. The third-order valence-electron chi connectivity index (χ3n) is 7.84. The number of nitrogens with one attached hydrogen (secondary N) is 1. The Morgan fingerprint density at radius 1 is 0.936 bits per heavy atom. The summed E-state index contributed by atoms with van der Waals surface area (Å²) in [5, 5.41) is 2.87. The van der Waals surface area contributed by atoms with E-state index in [-0.39, 0.29) is 34.6 Å². The summed E-state index contributed by atoms with van der Waals surface area (Å²) in [5.74, 6) is 1.39. The van der Waals surface area contributed by atoms with Gasteiger partial charge in [-0.05, 0) is 39.9 Å². The normalized spacial score (nSPS) is 15.1. The Morgan fingerprint density at radius 3 is 2.13 bits per heavy atom. The number of rotatable bonds is 28. The van der Waals surface area contributed by atoms with E-state index in [1.165, 1.54) is 89.8 Å². The van der Waals surface area contributed by atoms with Crippen molar-refractivity contribution in [3.63, 3.8) is 0 Å². The van der Waals surface area contributed by atoms with Crippen molar-refractivity contribution in [1.29, 1.82) is 0 Å². The van der Waals surface area contributed by atoms with Crippen LogP contribution in [0.25, 0.3) is 11.2 Å². The predicted octanol–water partition coefficient (Wildman–Crippen LogP) is 7.47. The van der Waals surface area contributed by atoms with E-state index in [4.69, 9.17) is 30.9 Å². The molecule has 0 spiro atoms. The molecule has 14 heteroatoms. The average molecular weight is 717 g/mol. The maximum atomic E-state index is 13.9. The lowest BCUT2D eigenvalue weighted by molar-refractivity contribution is -0.149. The van der Waals surface area contributed by atoms with Gasteiger partial charge in [-0.3, -0.25) is 9.36 Å². The van der Waals surface area contributed by atoms with Crippen LogP contribution in [0.3, 0.4) is 0 Å². The van der Waals surface area contributed by atoms with Crippen LogP contribution in [0.2, 0.25) is 0 Å². The molecular formula is C33H61N6O5PS2. The number of fused-ring (bicyclic) bond motifs is 1. The number of hydrogen-bond acceptors (Lipinski definition) is 10. The van der Waals surface area contributed by atoms with Gasteiger partial charge in [0, 0.05) is 5.75 Å². The molecule has 0 aliphatic carbocycles. The number of aromatic nitrogens is 4. The molecule has 11 nitrogen and oxygen atoms in total. The zero-order valence-corrected chi connectivity index (χ0v) is 32.0. The number of carbonyl (C=O) groups excluding carboxylic acids is 1. The molecule has 2 aromatic rings. The summed E-state index contributed by atoms with van der Waals surface area (Å²) in [6.45, 7) is 9.89. The number of hydrogen-bond donors (Lipinski definition) is 2. The van der Waals surface area contributed by atoms with Crippen molar-refractivity contribution >= 4 is 51.1 Å². The smallest absolute Gasteiger partial charge is 0.323 e. The van der Waals surface area contributed by atoms with Crippen LogP contribution in [0, 0.1) is 0 Å². The van der Waals surface area contributed by atoms with E-state index in [9.17, 15) is 9.36 Å². The molecule has 0 amide bonds. The molecule has 0 fully saturated rings. The van der Waals surface area contributed by atoms with Gasteiger partial charge in [0.05, 0.1) is 31.7 Å². The molecule has 2 rings (SSSR count). The Labute approximate surface area is 290 Å². The first kappa shape index (κ1) is 41.7. The second-order valence-electron chi connectivity index (χ2n) is 12.7. The van der Waals surface area contributed by atoms with Crippen LogP contribution in [-0.2, 0) is 50.5 Å². The van der Waals surface area contributed by atoms with Crippen LogP contribution < -0.4 is 10.8 Å². The molecule has 2 aromatic heterocycles. The van der Waals surface area contributed by atoms with E-state index in [1.54, 1.807) is 31.7 Å². The van der Waals surface area contributed by atoms with E-state index >= 15 is 0 Å². The third kappa shape index (κ3) is 17.6. The number of nitrogens with zero attached hydrogens (tertiary/aromatic N) is 4. The molecule has 0 aromatic carbocycles. The number of unbranched alkanes of at least 4 members (excludes halogenated alkanes) is 13. The van der Waals surface area contributed by atoms with Crippen molar-refractivity contribution in [2.75, 3.05) is 30.2 Å². The molecule has 0 bridgehead atoms. The standard InChI is InChI=1S/C33H61N6O5PS2/c1-6-7-8-9-10-11-12-13-14-15-16-17-18-19-21-47(46)22-20-43-45(41,38-29(5)33(40)44-27(2)3)26-42-28(4)23-39-25-37-30-31(34)35-24-36-32(30)39/h24-25,27-29H,6-23,26H2,1-5H3,(H,38,41)(H2,34,35,36)/t28-,29+,45?,47?/m1/s1. The number of carbonyl (C=O) groups is 1. The second kappa shape index (κ2) is 23.8. The van der Waals surface area contributed by atoms with Crippen LogP contribution in [0.15, 0.2) is 12.7 Å². The van der Waals surface area contributed by atoms with E-state index in [2.05, 4.69) is 27.0 Å². The molecule has 0 radical (unpaired) electrons. The van der Waals surface area contributed by atoms with Gasteiger partial charge in [0.2, 0.25) is 0 Å². The van der Waals surface area contributed by atoms with E-state index in [0.29, 0.717) is 29.3 Å². The molecule has 0 aliphatic rings. The third-order valence-corrected chi connectivity index (χ3v) is 12.1. The Balaban J connectivity index is 1.72. The van der Waals surface area contributed by atoms with Gasteiger partial charge in [-0.2, -0.15) is 0 Å². The van der Waals surface area contributed by atoms with Crippen LogP contribution in [-0.4, -0.2) is 68.2 Å². The SMILES string of the molecule is CCCCCCCCCCCCCCCCS(=S)CCOP(=O)(CO[C@H](C)Cn1cnc2c(N)ncnc21)N[C@@H](C)C(=O)OC(C)C. The quantitative estimate of drug-likeness (QED) is 0.0514. The van der Waals surface area contributed by atoms with Crippen LogP contribution >= 0.6 is 7.52 Å². The number of esters is 1. The van der Waals surface area contributed by atoms with Gasteiger partial charge in [-0.25, -0.2) is 20.0 Å². The average Bonchev–Trinajstić information content (AvgIpc) is 3.43. The number of imidazole rings is 1. The van der Waals surface area contributed by atoms with Crippen molar-refractivity contribution in [3.8, 4) is 0 Å². The van der Waals surface area contributed by atoms with Gasteiger partial charge in [0.15, 0.2) is 11.5 Å². The van der Waals surface area contributed by atoms with Crippen molar-refractivity contribution < 1.29 is 23.4 Å². The molecular weight excluding hydrogens is 656 g/mol. The molecule has 0 aliphatic heterocycles. The van der Waals surface area contributed by atoms with Crippen molar-refractivity contribution in [2.45, 2.75) is 149 Å². The van der Waals surface area contributed by atoms with Gasteiger partial charge in [0.25, 0.3) is 7.52 Å². The summed E-state index contributed by atoms with van der Waals surface area (Å²) in [6, 6.07) is -0.836. The molecule has 4 atom stereocenters. The highest BCUT2D eigenvalue weighted by molar-refractivity contribution is 8.28. The molecule has 3 N–H and O–H groups in total. The zero-order chi connectivity index (χ0) is 34.5. The number of ether oxygens (including phenoxy) is 2. The summed E-state index contributed by atoms with van der Waals surface area (Å²) in [6.07, 6.45) is 20.7. The predicted molar refractivity (Wildman–Crippen MR) is 197 cm³/mol. The lowest BCUT2D eigenvalue weighted by Gasteiger charge is -2.25. The fourth-order valence-corrected chi connectivity index (χ4v) is 8.66. The lowest BCUT2D eigenvalue weighted by Crippen LogP contribution is -2.36. The summed E-state index contributed by atoms with van der Waals surface area (Å²) in [5.41, 5.74) is 7.01. The minimum atomic E-state index is -3.58. The summed E-state index contributed by atoms with van der Waals surface area (Å²) in [4.78, 5) is 25.0. The summed E-state index contributed by atoms with van der Waals surface area (Å²) >= 11 is 5.72. The Hall–Kier alpha value is -1.50. The topological polar surface area (TPSA) is 143 Å². The lowest BCUT2D eigenvalue weighted by atomic mass is 10.0. The van der Waals surface area contributed by atoms with Gasteiger partial charge >= 0.3 is 5.97 Å². The zero-order valence-electron chi connectivity index (χ0n) is 29.5. The number of nitrogen functional groups attached to an aromatic ring is 1. The summed E-state index contributed by atoms with van der Waals surface area (Å²) < 4.78 is 32.9. The number of nitrogens with two attached hydrogens (primary N) is 1. The van der Waals surface area contributed by atoms with E-state index in [0.717, 1.165) is 12.2 Å². The molecule has 47 heavy (non-hydrogen) atoms. The van der Waals surface area contributed by atoms with Gasteiger partial charge in [0.1, 0.15) is 24.2 Å². The first-order chi connectivity index (χ1) is 22.5. The maximum Gasteiger partial charge on any atom is 0.323 e. The van der Waals surface area contributed by atoms with Gasteiger partial charge in [-0.15, -0.1) is 9.45 Å². The van der Waals surface area contributed by atoms with Gasteiger partial charge in [-0.1, -0.05) is 102 Å². The van der Waals surface area contributed by atoms with Crippen molar-refractivity contribution in [2.24, 2.45) is 0 Å². The monoisotopic (exact) mass is 716 g/mol. The first-order valence-electron chi connectivity index (χ1n) is 17.6. The van der Waals surface area contributed by atoms with E-state index in [1.807, 2.05) is 6.92 Å². The van der Waals surface area contributed by atoms with Crippen molar-refractivity contribution in [3.05, 3.63) is 12.7 Å². The fraction of sp³-hybridized carbons (Fsp3) is 0.818. The molecule has 270 valence electrons. The van der Waals surface area contributed by atoms with Crippen molar-refractivity contribution in [1.82, 2.24) is 24.6 Å². The van der Waals surface area contributed by atoms with Crippen LogP contribution in [0.4, 0.5) is 5.82 Å².